The van der Waals surface area contributed by atoms with Gasteiger partial charge < -0.3 is 19.3 Å². The Balaban J connectivity index is 1.09. The fraction of sp³-hybridized carbons (Fsp3) is 0.432. The Morgan fingerprint density at radius 1 is 0.935 bits per heavy atom. The molecule has 5 aromatic rings. The summed E-state index contributed by atoms with van der Waals surface area (Å²) < 4.78 is 12.0. The summed E-state index contributed by atoms with van der Waals surface area (Å²) in [6.45, 7) is 7.52. The molecule has 0 spiro atoms. The molecule has 2 atom stereocenters. The van der Waals surface area contributed by atoms with E-state index in [0.717, 1.165) is 95.6 Å². The van der Waals surface area contributed by atoms with E-state index in [-0.39, 0.29) is 11.3 Å². The van der Waals surface area contributed by atoms with Crippen molar-refractivity contribution in [3.63, 3.8) is 0 Å². The number of hydrogen-bond acceptors (Lipinski definition) is 9. The molecule has 0 radical (unpaired) electrons. The van der Waals surface area contributed by atoms with Crippen LogP contribution in [0.4, 0.5) is 5.82 Å². The molecule has 9 heteroatoms. The van der Waals surface area contributed by atoms with Crippen molar-refractivity contribution in [2.75, 3.05) is 37.7 Å². The van der Waals surface area contributed by atoms with Crippen LogP contribution >= 0.6 is 0 Å². The Labute approximate surface area is 268 Å². The Hall–Kier alpha value is -4.21. The first-order valence-corrected chi connectivity index (χ1v) is 16.9. The van der Waals surface area contributed by atoms with Gasteiger partial charge >= 0.3 is 6.01 Å². The molecule has 6 heterocycles. The Kier molecular flexibility index (Phi) is 6.68. The minimum atomic E-state index is 0.116. The first kappa shape index (κ1) is 28.0. The second-order valence-electron chi connectivity index (χ2n) is 13.9. The first-order chi connectivity index (χ1) is 22.5. The van der Waals surface area contributed by atoms with Gasteiger partial charge in [0.1, 0.15) is 23.9 Å². The third kappa shape index (κ3) is 4.79. The van der Waals surface area contributed by atoms with Crippen molar-refractivity contribution in [3.05, 3.63) is 72.1 Å². The molecule has 46 heavy (non-hydrogen) atoms. The molecule has 4 aliphatic heterocycles. The lowest BCUT2D eigenvalue weighted by atomic mass is 9.95. The summed E-state index contributed by atoms with van der Waals surface area (Å²) in [5.74, 6) is 2.07. The zero-order chi connectivity index (χ0) is 30.8. The lowest BCUT2D eigenvalue weighted by molar-refractivity contribution is 0.107. The number of aromatic nitrogens is 3. The topological polar surface area (TPSA) is 91.0 Å². The van der Waals surface area contributed by atoms with Crippen molar-refractivity contribution >= 4 is 27.5 Å². The van der Waals surface area contributed by atoms with Crippen LogP contribution < -0.4 is 9.64 Å². The number of piperazine rings is 1. The minimum absolute atomic E-state index is 0.116. The molecule has 1 N–H and O–H groups in total. The number of phenols is 1. The van der Waals surface area contributed by atoms with Gasteiger partial charge in [0, 0.05) is 43.2 Å². The van der Waals surface area contributed by atoms with E-state index in [1.807, 2.05) is 37.3 Å². The number of ether oxygens (including phenoxy) is 1. The van der Waals surface area contributed by atoms with Gasteiger partial charge in [-0.2, -0.15) is 9.97 Å². The second-order valence-corrected chi connectivity index (χ2v) is 13.9. The van der Waals surface area contributed by atoms with Gasteiger partial charge in [0.05, 0.1) is 16.7 Å². The van der Waals surface area contributed by atoms with Gasteiger partial charge in [-0.15, -0.1) is 0 Å². The number of hydrogen-bond donors (Lipinski definition) is 1. The Morgan fingerprint density at radius 3 is 2.52 bits per heavy atom. The molecule has 9 nitrogen and oxygen atoms in total. The molecule has 4 fully saturated rings. The highest BCUT2D eigenvalue weighted by Crippen LogP contribution is 2.41. The third-order valence-electron chi connectivity index (χ3n) is 11.0. The predicted octanol–water partition coefficient (Wildman–Crippen LogP) is 6.31. The minimum Gasteiger partial charge on any atom is -0.508 e. The lowest BCUT2D eigenvalue weighted by Crippen LogP contribution is -2.53. The van der Waals surface area contributed by atoms with Crippen LogP contribution in [0.2, 0.25) is 0 Å². The summed E-state index contributed by atoms with van der Waals surface area (Å²) in [5.41, 5.74) is 3.99. The molecule has 0 aliphatic carbocycles. The van der Waals surface area contributed by atoms with E-state index in [1.54, 1.807) is 0 Å². The molecule has 2 bridgehead atoms. The van der Waals surface area contributed by atoms with Crippen molar-refractivity contribution in [1.82, 2.24) is 24.9 Å². The van der Waals surface area contributed by atoms with Crippen LogP contribution in [0, 0.1) is 6.92 Å². The van der Waals surface area contributed by atoms with Gasteiger partial charge in [-0.25, -0.2) is 0 Å². The maximum Gasteiger partial charge on any atom is 0.319 e. The summed E-state index contributed by atoms with van der Waals surface area (Å²) in [4.78, 5) is 17.9. The fourth-order valence-corrected chi connectivity index (χ4v) is 8.86. The normalized spacial score (nSPS) is 22.7. The highest BCUT2D eigenvalue weighted by atomic mass is 16.5. The standard InChI is InChI=1S/C37H40N6O3/c1-24-16-27(40-46-24)20-43-28-9-10-29(43)22-41(21-28)35-32-11-8-26(33-19-30(44)17-25-6-2-3-7-31(25)33)18-34(32)38-36(39-35)45-23-37-12-4-14-42(37)15-5-13-37/h2-3,6-8,11,16-19,28-29,44H,4-5,9-10,12-15,20-23H2,1H3. The van der Waals surface area contributed by atoms with Crippen LogP contribution in [0.1, 0.15) is 50.0 Å². The van der Waals surface area contributed by atoms with E-state index in [4.69, 9.17) is 19.2 Å². The smallest absolute Gasteiger partial charge is 0.319 e. The van der Waals surface area contributed by atoms with Crippen LogP contribution in [0.3, 0.4) is 0 Å². The molecule has 4 aliphatic rings. The first-order valence-electron chi connectivity index (χ1n) is 16.9. The maximum atomic E-state index is 10.6. The van der Waals surface area contributed by atoms with E-state index in [2.05, 4.69) is 50.2 Å². The Bertz CT molecular complexity index is 1920. The van der Waals surface area contributed by atoms with Crippen LogP contribution in [0.25, 0.3) is 32.8 Å². The van der Waals surface area contributed by atoms with Gasteiger partial charge in [-0.05, 0) is 105 Å². The predicted molar refractivity (Wildman–Crippen MR) is 178 cm³/mol. The molecule has 0 saturated carbocycles. The van der Waals surface area contributed by atoms with E-state index in [1.165, 1.54) is 25.7 Å². The number of rotatable bonds is 7. The largest absolute Gasteiger partial charge is 0.508 e. The number of fused-ring (bicyclic) bond motifs is 5. The average molecular weight is 617 g/mol. The van der Waals surface area contributed by atoms with E-state index < -0.39 is 0 Å². The summed E-state index contributed by atoms with van der Waals surface area (Å²) in [7, 11) is 0. The highest BCUT2D eigenvalue weighted by molar-refractivity contribution is 6.01. The molecular formula is C37H40N6O3. The number of aromatic hydroxyl groups is 1. The van der Waals surface area contributed by atoms with Crippen molar-refractivity contribution in [1.29, 1.82) is 0 Å². The van der Waals surface area contributed by atoms with Crippen molar-refractivity contribution in [2.45, 2.75) is 69.6 Å². The van der Waals surface area contributed by atoms with Crippen LogP contribution in [0.15, 0.2) is 65.2 Å². The number of nitrogens with zero attached hydrogens (tertiary/aromatic N) is 6. The number of aryl methyl sites for hydroxylation is 1. The molecule has 2 aromatic heterocycles. The van der Waals surface area contributed by atoms with Gasteiger partial charge in [0.25, 0.3) is 0 Å². The quantitative estimate of drug-likeness (QED) is 0.226. The van der Waals surface area contributed by atoms with Gasteiger partial charge in [-0.3, -0.25) is 9.80 Å². The fourth-order valence-electron chi connectivity index (χ4n) is 8.86. The summed E-state index contributed by atoms with van der Waals surface area (Å²) >= 11 is 0. The zero-order valence-electron chi connectivity index (χ0n) is 26.4. The maximum absolute atomic E-state index is 10.6. The summed E-state index contributed by atoms with van der Waals surface area (Å²) in [6.07, 6.45) is 7.15. The molecule has 236 valence electrons. The SMILES string of the molecule is Cc1cc(CN2C3CCC2CN(c2nc(OCC45CCCN4CCC5)nc4cc(-c5cc(O)cc6ccccc56)ccc24)C3)no1. The van der Waals surface area contributed by atoms with Gasteiger partial charge in [0.15, 0.2) is 0 Å². The number of phenolic OH excluding ortho intramolecular Hbond substituents is 1. The van der Waals surface area contributed by atoms with Crippen LogP contribution in [-0.4, -0.2) is 80.4 Å². The number of anilines is 1. The van der Waals surface area contributed by atoms with E-state index in [9.17, 15) is 5.11 Å². The highest BCUT2D eigenvalue weighted by Gasteiger charge is 2.45. The molecular weight excluding hydrogens is 576 g/mol. The van der Waals surface area contributed by atoms with Crippen LogP contribution in [-0.2, 0) is 6.54 Å². The molecule has 9 rings (SSSR count). The molecule has 4 saturated heterocycles. The van der Waals surface area contributed by atoms with Crippen molar-refractivity contribution < 1.29 is 14.4 Å². The number of benzene rings is 3. The van der Waals surface area contributed by atoms with Crippen molar-refractivity contribution in [2.24, 2.45) is 0 Å². The second kappa shape index (κ2) is 11.0. The van der Waals surface area contributed by atoms with Gasteiger partial charge in [0.2, 0.25) is 0 Å². The third-order valence-corrected chi connectivity index (χ3v) is 11.0. The molecule has 2 unspecified atom stereocenters. The van der Waals surface area contributed by atoms with Gasteiger partial charge in [-0.1, -0.05) is 35.5 Å². The van der Waals surface area contributed by atoms with E-state index in [0.29, 0.717) is 24.7 Å². The van der Waals surface area contributed by atoms with E-state index >= 15 is 0 Å². The lowest BCUT2D eigenvalue weighted by Gasteiger charge is -2.41. The Morgan fingerprint density at radius 2 is 1.74 bits per heavy atom. The van der Waals surface area contributed by atoms with Crippen LogP contribution in [0.5, 0.6) is 11.8 Å². The monoisotopic (exact) mass is 616 g/mol. The summed E-state index contributed by atoms with van der Waals surface area (Å²) in [5, 5.41) is 18.0. The molecule has 0 amide bonds. The molecule has 3 aromatic carbocycles. The average Bonchev–Trinajstić information content (AvgIpc) is 3.82. The summed E-state index contributed by atoms with van der Waals surface area (Å²) in [6, 6.07) is 21.7. The van der Waals surface area contributed by atoms with Crippen molar-refractivity contribution in [3.8, 4) is 22.9 Å². The zero-order valence-corrected chi connectivity index (χ0v) is 26.4.